The van der Waals surface area contributed by atoms with Crippen LogP contribution in [0.4, 0.5) is 0 Å². The van der Waals surface area contributed by atoms with Crippen LogP contribution >= 0.6 is 12.2 Å². The lowest BCUT2D eigenvalue weighted by molar-refractivity contribution is -0.143. The summed E-state index contributed by atoms with van der Waals surface area (Å²) in [6.07, 6.45) is 0. The van der Waals surface area contributed by atoms with Crippen molar-refractivity contribution in [3.8, 4) is 0 Å². The highest BCUT2D eigenvalue weighted by molar-refractivity contribution is 7.80. The summed E-state index contributed by atoms with van der Waals surface area (Å²) in [6.45, 7) is 2.04. The van der Waals surface area contributed by atoms with Gasteiger partial charge in [0.2, 0.25) is 0 Å². The Labute approximate surface area is 75.0 Å². The monoisotopic (exact) mass is 187 g/mol. The van der Waals surface area contributed by atoms with Gasteiger partial charge in [0.1, 0.15) is 5.84 Å². The molecule has 0 radical (unpaired) electrons. The average Bonchev–Trinajstić information content (AvgIpc) is 2.30. The zero-order valence-corrected chi connectivity index (χ0v) is 7.35. The van der Waals surface area contributed by atoms with Gasteiger partial charge in [-0.1, -0.05) is 0 Å². The number of carbonyl (C=O) groups excluding carboxylic acids is 1. The number of rotatable bonds is 2. The van der Waals surface area contributed by atoms with Crippen LogP contribution in [0.3, 0.4) is 0 Å². The first-order valence-corrected chi connectivity index (χ1v) is 3.87. The van der Waals surface area contributed by atoms with Gasteiger partial charge in [0.15, 0.2) is 11.2 Å². The smallest absolute Gasteiger partial charge is 0.336 e. The van der Waals surface area contributed by atoms with Gasteiger partial charge in [0.25, 0.3) is 0 Å². The summed E-state index contributed by atoms with van der Waals surface area (Å²) in [5, 5.41) is 2.84. The Hall–Kier alpha value is -1.17. The van der Waals surface area contributed by atoms with Crippen molar-refractivity contribution in [2.24, 2.45) is 10.7 Å². The fourth-order valence-corrected chi connectivity index (χ4v) is 1.04. The van der Waals surface area contributed by atoms with Crippen molar-refractivity contribution in [3.63, 3.8) is 0 Å². The predicted molar refractivity (Wildman–Crippen MR) is 47.8 cm³/mol. The second-order valence-electron chi connectivity index (χ2n) is 2.17. The molecule has 0 aromatic heterocycles. The highest BCUT2D eigenvalue weighted by Gasteiger charge is 2.29. The van der Waals surface area contributed by atoms with E-state index in [1.165, 1.54) is 0 Å². The van der Waals surface area contributed by atoms with Gasteiger partial charge < -0.3 is 15.8 Å². The first-order valence-electron chi connectivity index (χ1n) is 3.46. The molecule has 6 heteroatoms. The summed E-state index contributed by atoms with van der Waals surface area (Å²) in [6, 6.07) is -0.697. The van der Waals surface area contributed by atoms with E-state index in [1.54, 1.807) is 6.92 Å². The second kappa shape index (κ2) is 3.48. The third-order valence-corrected chi connectivity index (χ3v) is 1.53. The lowest BCUT2D eigenvalue weighted by Gasteiger charge is -2.08. The van der Waals surface area contributed by atoms with Crippen LogP contribution in [0, 0.1) is 0 Å². The van der Waals surface area contributed by atoms with Gasteiger partial charge in [0.05, 0.1) is 6.61 Å². The molecule has 12 heavy (non-hydrogen) atoms. The normalized spacial score (nSPS) is 21.6. The third-order valence-electron chi connectivity index (χ3n) is 1.32. The molecular weight excluding hydrogens is 178 g/mol. The lowest BCUT2D eigenvalue weighted by atomic mass is 10.3. The Morgan fingerprint density at radius 1 is 1.92 bits per heavy atom. The van der Waals surface area contributed by atoms with E-state index < -0.39 is 12.0 Å². The molecule has 0 fully saturated rings. The van der Waals surface area contributed by atoms with E-state index in [1.807, 2.05) is 0 Å². The first-order chi connectivity index (χ1) is 5.65. The van der Waals surface area contributed by atoms with E-state index in [-0.39, 0.29) is 10.9 Å². The maximum absolute atomic E-state index is 11.1. The number of nitrogens with two attached hydrogens (primary N) is 1. The van der Waals surface area contributed by atoms with Gasteiger partial charge >= 0.3 is 5.97 Å². The highest BCUT2D eigenvalue weighted by atomic mass is 32.1. The number of nitrogens with one attached hydrogen (secondary N) is 1. The quantitative estimate of drug-likeness (QED) is 0.435. The number of hydrogen-bond donors (Lipinski definition) is 2. The minimum Gasteiger partial charge on any atom is -0.464 e. The molecule has 0 saturated carbocycles. The maximum atomic E-state index is 11.1. The molecule has 1 unspecified atom stereocenters. The molecule has 1 rings (SSSR count). The van der Waals surface area contributed by atoms with E-state index in [9.17, 15) is 4.79 Å². The Bertz CT molecular complexity index is 251. The zero-order chi connectivity index (χ0) is 9.14. The molecule has 0 saturated heterocycles. The lowest BCUT2D eigenvalue weighted by Crippen LogP contribution is -2.43. The van der Waals surface area contributed by atoms with Crippen molar-refractivity contribution in [2.75, 3.05) is 6.61 Å². The minimum absolute atomic E-state index is 0.165. The van der Waals surface area contributed by atoms with E-state index in [0.717, 1.165) is 0 Å². The van der Waals surface area contributed by atoms with Crippen molar-refractivity contribution in [3.05, 3.63) is 0 Å². The fourth-order valence-electron chi connectivity index (χ4n) is 0.817. The number of aliphatic imine (C=N–C) groups is 1. The van der Waals surface area contributed by atoms with Gasteiger partial charge in [-0.15, -0.1) is 0 Å². The van der Waals surface area contributed by atoms with Crippen molar-refractivity contribution in [1.82, 2.24) is 5.32 Å². The molecule has 1 aliphatic rings. The molecule has 1 heterocycles. The van der Waals surface area contributed by atoms with Crippen LogP contribution < -0.4 is 11.1 Å². The molecule has 0 spiro atoms. The molecule has 66 valence electrons. The number of thiocarbonyl (C=S) groups is 1. The predicted octanol–water partition coefficient (Wildman–Crippen LogP) is -0.837. The second-order valence-corrected chi connectivity index (χ2v) is 2.56. The van der Waals surface area contributed by atoms with Gasteiger partial charge in [-0.25, -0.2) is 9.79 Å². The largest absolute Gasteiger partial charge is 0.464 e. The Morgan fingerprint density at radius 3 is 3.00 bits per heavy atom. The molecule has 3 N–H and O–H groups in total. The summed E-state index contributed by atoms with van der Waals surface area (Å²) < 4.78 is 4.72. The Balaban J connectivity index is 2.61. The van der Waals surface area contributed by atoms with Crippen LogP contribution in [0.1, 0.15) is 6.92 Å². The molecule has 0 aromatic rings. The number of hydrogen-bond acceptors (Lipinski definition) is 4. The summed E-state index contributed by atoms with van der Waals surface area (Å²) in [5.74, 6) is -0.281. The van der Waals surface area contributed by atoms with Gasteiger partial charge in [0, 0.05) is 0 Å². The van der Waals surface area contributed by atoms with Crippen LogP contribution in [0.25, 0.3) is 0 Å². The number of ether oxygens (including phenoxy) is 1. The van der Waals surface area contributed by atoms with Gasteiger partial charge in [-0.05, 0) is 19.1 Å². The topological polar surface area (TPSA) is 76.7 Å². The van der Waals surface area contributed by atoms with Crippen LogP contribution in [-0.2, 0) is 9.53 Å². The first kappa shape index (κ1) is 8.92. The van der Waals surface area contributed by atoms with Crippen LogP contribution in [-0.4, -0.2) is 29.6 Å². The van der Waals surface area contributed by atoms with Gasteiger partial charge in [-0.3, -0.25) is 0 Å². The molecule has 0 aliphatic carbocycles. The summed E-state index contributed by atoms with van der Waals surface area (Å²) in [5.41, 5.74) is 5.40. The minimum atomic E-state index is -0.697. The Kier molecular flexibility index (Phi) is 2.59. The van der Waals surface area contributed by atoms with E-state index in [4.69, 9.17) is 22.7 Å². The summed E-state index contributed by atoms with van der Waals surface area (Å²) in [4.78, 5) is 14.8. The summed E-state index contributed by atoms with van der Waals surface area (Å²) >= 11 is 4.69. The van der Waals surface area contributed by atoms with Gasteiger partial charge in [-0.2, -0.15) is 0 Å². The number of nitrogens with zero attached hydrogens (tertiary/aromatic N) is 1. The number of carbonyl (C=O) groups is 1. The average molecular weight is 187 g/mol. The van der Waals surface area contributed by atoms with E-state index in [0.29, 0.717) is 6.61 Å². The van der Waals surface area contributed by atoms with Crippen molar-refractivity contribution < 1.29 is 9.53 Å². The molecule has 0 amide bonds. The third kappa shape index (κ3) is 1.70. The molecular formula is C6H9N3O2S. The highest BCUT2D eigenvalue weighted by Crippen LogP contribution is 1.98. The molecule has 0 bridgehead atoms. The van der Waals surface area contributed by atoms with Crippen molar-refractivity contribution in [2.45, 2.75) is 13.0 Å². The van der Waals surface area contributed by atoms with Crippen molar-refractivity contribution in [1.29, 1.82) is 0 Å². The fraction of sp³-hybridized carbons (Fsp3) is 0.500. The van der Waals surface area contributed by atoms with E-state index >= 15 is 0 Å². The van der Waals surface area contributed by atoms with Crippen LogP contribution in [0.15, 0.2) is 4.99 Å². The molecule has 1 aliphatic heterocycles. The molecule has 1 atom stereocenters. The van der Waals surface area contributed by atoms with Crippen LogP contribution in [0.5, 0.6) is 0 Å². The van der Waals surface area contributed by atoms with E-state index in [2.05, 4.69) is 10.3 Å². The Morgan fingerprint density at radius 2 is 2.58 bits per heavy atom. The number of esters is 1. The molecule has 0 aromatic carbocycles. The maximum Gasteiger partial charge on any atom is 0.336 e. The molecule has 5 nitrogen and oxygen atoms in total. The summed E-state index contributed by atoms with van der Waals surface area (Å²) in [7, 11) is 0. The zero-order valence-electron chi connectivity index (χ0n) is 6.53. The van der Waals surface area contributed by atoms with Crippen LogP contribution in [0.2, 0.25) is 0 Å². The SMILES string of the molecule is CCOC(=O)C1NC(=S)N=C1N. The van der Waals surface area contributed by atoms with Crippen molar-refractivity contribution >= 4 is 29.1 Å². The standard InChI is InChI=1S/C6H9N3O2S/c1-2-11-5(10)3-4(7)9-6(12)8-3/h3H,2H2,1H3,(H3,7,8,9,12). The number of amidine groups is 1.